The van der Waals surface area contributed by atoms with Crippen LogP contribution in [0.25, 0.3) is 33.6 Å². The zero-order valence-corrected chi connectivity index (χ0v) is 32.9. The fraction of sp³-hybridized carbons (Fsp3) is 0.190. The second-order valence-electron chi connectivity index (χ2n) is 13.8. The van der Waals surface area contributed by atoms with Crippen molar-refractivity contribution in [2.45, 2.75) is 25.7 Å². The molecule has 0 aliphatic carbocycles. The lowest BCUT2D eigenvalue weighted by Crippen LogP contribution is -2.58. The molecule has 2 aliphatic rings. The van der Waals surface area contributed by atoms with E-state index in [2.05, 4.69) is 0 Å². The minimum absolute atomic E-state index is 0.331. The monoisotopic (exact) mass is 840 g/mol. The van der Waals surface area contributed by atoms with E-state index in [-0.39, 0.29) is 0 Å². The first-order chi connectivity index (χ1) is 26.5. The van der Waals surface area contributed by atoms with Crippen LogP contribution in [0.4, 0.5) is 17.6 Å². The van der Waals surface area contributed by atoms with E-state index in [4.69, 9.17) is 46.4 Å². The quantitative estimate of drug-likeness (QED) is 0.157. The van der Waals surface area contributed by atoms with Crippen LogP contribution in [-0.2, 0) is 0 Å². The molecule has 2 fully saturated rings. The Kier molecular flexibility index (Phi) is 10.8. The molecule has 0 unspecified atom stereocenters. The molecule has 2 amide bonds. The zero-order valence-electron chi connectivity index (χ0n) is 29.8. The standard InChI is InChI=1S/2C21H16Cl2F2N2O/c2*1-13-10-27(17-4-2-3-16(23)9-17)19(20(28)26-11-21(24,25)12-26)18(13)14-5-7-15(22)8-6-14/h2*2-10H,11-12H2,1H3. The number of aromatic nitrogens is 2. The van der Waals surface area contributed by atoms with Gasteiger partial charge in [-0.25, -0.2) is 17.6 Å². The molecule has 0 spiro atoms. The lowest BCUT2D eigenvalue weighted by atomic mass is 10.0. The molecule has 2 aliphatic heterocycles. The first kappa shape index (κ1) is 39.5. The summed E-state index contributed by atoms with van der Waals surface area (Å²) in [7, 11) is 0. The molecule has 2 saturated heterocycles. The summed E-state index contributed by atoms with van der Waals surface area (Å²) >= 11 is 24.2. The first-order valence-electron chi connectivity index (χ1n) is 17.3. The van der Waals surface area contributed by atoms with Crippen LogP contribution >= 0.6 is 46.4 Å². The molecule has 0 atom stereocenters. The molecule has 14 heteroatoms. The van der Waals surface area contributed by atoms with Gasteiger partial charge in [0, 0.05) is 55.0 Å². The Morgan fingerprint density at radius 2 is 0.857 bits per heavy atom. The largest absolute Gasteiger partial charge is 0.325 e. The number of benzene rings is 4. The van der Waals surface area contributed by atoms with Gasteiger partial charge in [0.1, 0.15) is 11.4 Å². The van der Waals surface area contributed by atoms with Crippen LogP contribution in [0.5, 0.6) is 0 Å². The molecule has 0 bridgehead atoms. The molecule has 4 aromatic carbocycles. The second-order valence-corrected chi connectivity index (χ2v) is 15.6. The fourth-order valence-electron chi connectivity index (χ4n) is 6.91. The van der Waals surface area contributed by atoms with Crippen LogP contribution in [0.15, 0.2) is 109 Å². The summed E-state index contributed by atoms with van der Waals surface area (Å²) in [6.07, 6.45) is 3.64. The van der Waals surface area contributed by atoms with Crippen molar-refractivity contribution in [1.82, 2.24) is 18.9 Å². The number of hydrogen-bond donors (Lipinski definition) is 0. The maximum atomic E-state index is 13.4. The number of amides is 2. The predicted octanol–water partition coefficient (Wildman–Crippen LogP) is 11.7. The third-order valence-electron chi connectivity index (χ3n) is 9.50. The number of alkyl halides is 4. The normalized spacial score (nSPS) is 15.4. The summed E-state index contributed by atoms with van der Waals surface area (Å²) in [5, 5.41) is 2.19. The average molecular weight is 843 g/mol. The Morgan fingerprint density at radius 1 is 0.518 bits per heavy atom. The van der Waals surface area contributed by atoms with Gasteiger partial charge in [-0.15, -0.1) is 0 Å². The van der Waals surface area contributed by atoms with E-state index < -0.39 is 49.8 Å². The van der Waals surface area contributed by atoms with E-state index in [1.807, 2.05) is 62.6 Å². The van der Waals surface area contributed by atoms with Crippen molar-refractivity contribution in [2.24, 2.45) is 0 Å². The molecule has 8 rings (SSSR count). The highest BCUT2D eigenvalue weighted by atomic mass is 35.5. The number of nitrogens with zero attached hydrogens (tertiary/aromatic N) is 4. The van der Waals surface area contributed by atoms with Crippen molar-refractivity contribution in [3.8, 4) is 33.6 Å². The number of rotatable bonds is 6. The Balaban J connectivity index is 0.000000172. The Labute approximate surface area is 340 Å². The highest BCUT2D eigenvalue weighted by Crippen LogP contribution is 2.38. The van der Waals surface area contributed by atoms with Gasteiger partial charge >= 0.3 is 0 Å². The van der Waals surface area contributed by atoms with E-state index in [9.17, 15) is 27.2 Å². The van der Waals surface area contributed by atoms with Gasteiger partial charge in [0.2, 0.25) is 0 Å². The molecule has 6 aromatic rings. The number of halogens is 8. The second kappa shape index (κ2) is 15.3. The van der Waals surface area contributed by atoms with Crippen molar-refractivity contribution in [2.75, 3.05) is 26.2 Å². The van der Waals surface area contributed by atoms with Crippen molar-refractivity contribution < 1.29 is 27.2 Å². The van der Waals surface area contributed by atoms with Crippen LogP contribution in [-0.4, -0.2) is 68.8 Å². The SMILES string of the molecule is Cc1cn(-c2cccc(Cl)c2)c(C(=O)N2CC(F)(F)C2)c1-c1ccc(Cl)cc1.Cc1cn(-c2cccc(Cl)c2)c(C(=O)N2CC(F)(F)C2)c1-c1ccc(Cl)cc1. The third kappa shape index (κ3) is 8.07. The lowest BCUT2D eigenvalue weighted by Gasteiger charge is -2.39. The van der Waals surface area contributed by atoms with E-state index in [1.165, 1.54) is 0 Å². The summed E-state index contributed by atoms with van der Waals surface area (Å²) < 4.78 is 56.9. The predicted molar refractivity (Wildman–Crippen MR) is 214 cm³/mol. The van der Waals surface area contributed by atoms with Crippen molar-refractivity contribution in [3.63, 3.8) is 0 Å². The molecular weight excluding hydrogens is 810 g/mol. The van der Waals surface area contributed by atoms with E-state index in [0.717, 1.165) is 32.1 Å². The molecule has 288 valence electrons. The number of likely N-dealkylation sites (tertiary alicyclic amines) is 2. The number of hydrogen-bond acceptors (Lipinski definition) is 2. The molecule has 2 aromatic heterocycles. The van der Waals surface area contributed by atoms with Crippen molar-refractivity contribution in [3.05, 3.63) is 152 Å². The molecule has 0 N–H and O–H groups in total. The van der Waals surface area contributed by atoms with Gasteiger partial charge < -0.3 is 18.9 Å². The fourth-order valence-corrected chi connectivity index (χ4v) is 7.53. The van der Waals surface area contributed by atoms with Crippen LogP contribution in [0.1, 0.15) is 32.1 Å². The Morgan fingerprint density at radius 3 is 1.16 bits per heavy atom. The Hall–Kier alpha value is -4.74. The van der Waals surface area contributed by atoms with Gasteiger partial charge in [0.05, 0.1) is 26.2 Å². The minimum atomic E-state index is -2.83. The zero-order chi connectivity index (χ0) is 40.1. The first-order valence-corrected chi connectivity index (χ1v) is 18.8. The summed E-state index contributed by atoms with van der Waals surface area (Å²) in [6.45, 7) is 1.45. The molecular formula is C42H32Cl4F4N4O2. The van der Waals surface area contributed by atoms with Gasteiger partial charge in [-0.3, -0.25) is 9.59 Å². The van der Waals surface area contributed by atoms with Gasteiger partial charge in [-0.05, 0) is 96.8 Å². The smallest absolute Gasteiger partial charge is 0.282 e. The number of aryl methyl sites for hydroxylation is 2. The maximum absolute atomic E-state index is 13.4. The molecule has 56 heavy (non-hydrogen) atoms. The highest BCUT2D eigenvalue weighted by molar-refractivity contribution is 6.31. The van der Waals surface area contributed by atoms with Crippen LogP contribution in [0, 0.1) is 13.8 Å². The molecule has 6 nitrogen and oxygen atoms in total. The number of carbonyl (C=O) groups excluding carboxylic acids is 2. The summed E-state index contributed by atoms with van der Waals surface area (Å²) in [6, 6.07) is 28.3. The van der Waals surface area contributed by atoms with Crippen molar-refractivity contribution >= 4 is 58.2 Å². The van der Waals surface area contributed by atoms with Gasteiger partial charge in [0.25, 0.3) is 23.7 Å². The van der Waals surface area contributed by atoms with E-state index in [0.29, 0.717) is 54.0 Å². The molecule has 4 heterocycles. The van der Waals surface area contributed by atoms with E-state index in [1.54, 1.807) is 69.8 Å². The minimum Gasteiger partial charge on any atom is -0.325 e. The maximum Gasteiger partial charge on any atom is 0.282 e. The summed E-state index contributed by atoms with van der Waals surface area (Å²) in [4.78, 5) is 28.7. The van der Waals surface area contributed by atoms with Crippen molar-refractivity contribution in [1.29, 1.82) is 0 Å². The topological polar surface area (TPSA) is 50.5 Å². The number of carbonyl (C=O) groups is 2. The lowest BCUT2D eigenvalue weighted by molar-refractivity contribution is -0.113. The van der Waals surface area contributed by atoms with E-state index >= 15 is 0 Å². The average Bonchev–Trinajstić information content (AvgIpc) is 3.66. The third-order valence-corrected chi connectivity index (χ3v) is 10.5. The van der Waals surface area contributed by atoms with Crippen LogP contribution in [0.3, 0.4) is 0 Å². The van der Waals surface area contributed by atoms with Crippen LogP contribution in [0.2, 0.25) is 20.1 Å². The van der Waals surface area contributed by atoms with Gasteiger partial charge in [-0.2, -0.15) is 0 Å². The Bertz CT molecular complexity index is 2280. The molecule has 0 saturated carbocycles. The van der Waals surface area contributed by atoms with Gasteiger partial charge in [0.15, 0.2) is 0 Å². The summed E-state index contributed by atoms with van der Waals surface area (Å²) in [5.74, 6) is -6.55. The highest BCUT2D eigenvalue weighted by Gasteiger charge is 2.48. The summed E-state index contributed by atoms with van der Waals surface area (Å²) in [5.41, 5.74) is 6.69. The molecule has 0 radical (unpaired) electrons. The van der Waals surface area contributed by atoms with Gasteiger partial charge in [-0.1, -0.05) is 82.8 Å². The van der Waals surface area contributed by atoms with Crippen LogP contribution < -0.4 is 0 Å².